The van der Waals surface area contributed by atoms with Crippen LogP contribution >= 0.6 is 0 Å². The first-order chi connectivity index (χ1) is 13.2. The van der Waals surface area contributed by atoms with Crippen molar-refractivity contribution >= 4 is 16.9 Å². The lowest BCUT2D eigenvalue weighted by atomic mass is 10.0. The number of likely N-dealkylation sites (N-methyl/N-ethyl adjacent to an activating group) is 1. The van der Waals surface area contributed by atoms with E-state index in [1.54, 1.807) is 0 Å². The van der Waals surface area contributed by atoms with Crippen LogP contribution < -0.4 is 10.2 Å². The number of piperazine rings is 1. The Kier molecular flexibility index (Phi) is 4.14. The number of hydrogen-bond acceptors (Lipinski definition) is 6. The third kappa shape index (κ3) is 3.34. The Balaban J connectivity index is 1.38. The van der Waals surface area contributed by atoms with E-state index in [0.717, 1.165) is 55.9 Å². The summed E-state index contributed by atoms with van der Waals surface area (Å²) < 4.78 is 5.61. The summed E-state index contributed by atoms with van der Waals surface area (Å²) in [4.78, 5) is 11.5. The molecule has 0 atom stereocenters. The first-order valence-corrected chi connectivity index (χ1v) is 9.48. The Morgan fingerprint density at radius 2 is 1.81 bits per heavy atom. The molecule has 3 aromatic rings. The second-order valence-electron chi connectivity index (χ2n) is 7.29. The number of hydrogen-bond donors (Lipinski definition) is 1. The lowest BCUT2D eigenvalue weighted by Gasteiger charge is -2.32. The van der Waals surface area contributed by atoms with Crippen molar-refractivity contribution in [3.8, 4) is 16.9 Å². The Bertz CT molecular complexity index is 981. The van der Waals surface area contributed by atoms with E-state index >= 15 is 0 Å². The van der Waals surface area contributed by atoms with Gasteiger partial charge in [-0.3, -0.25) is 5.43 Å². The minimum absolute atomic E-state index is 0.662. The van der Waals surface area contributed by atoms with Crippen molar-refractivity contribution < 1.29 is 4.74 Å². The van der Waals surface area contributed by atoms with E-state index in [9.17, 15) is 0 Å². The van der Waals surface area contributed by atoms with Crippen LogP contribution in [0.4, 0.5) is 5.95 Å². The van der Waals surface area contributed by atoms with Crippen molar-refractivity contribution in [3.05, 3.63) is 48.2 Å². The number of anilines is 1. The Hall–Kier alpha value is -2.70. The van der Waals surface area contributed by atoms with E-state index in [1.807, 2.05) is 6.20 Å². The first-order valence-electron chi connectivity index (χ1n) is 9.48. The molecule has 1 saturated heterocycles. The summed E-state index contributed by atoms with van der Waals surface area (Å²) in [6.07, 6.45) is 2.89. The quantitative estimate of drug-likeness (QED) is 0.774. The van der Waals surface area contributed by atoms with Crippen molar-refractivity contribution in [1.82, 2.24) is 19.9 Å². The van der Waals surface area contributed by atoms with Crippen LogP contribution in [0.25, 0.3) is 22.0 Å². The number of ether oxygens (including phenoxy) is 1. The van der Waals surface area contributed by atoms with E-state index in [2.05, 4.69) is 68.7 Å². The predicted octanol–water partition coefficient (Wildman–Crippen LogP) is 2.81. The Morgan fingerprint density at radius 1 is 1.00 bits per heavy atom. The fourth-order valence-corrected chi connectivity index (χ4v) is 3.69. The highest BCUT2D eigenvalue weighted by Gasteiger charge is 2.15. The Labute approximate surface area is 158 Å². The van der Waals surface area contributed by atoms with Crippen molar-refractivity contribution in [2.24, 2.45) is 0 Å². The third-order valence-electron chi connectivity index (χ3n) is 5.36. The van der Waals surface area contributed by atoms with Gasteiger partial charge in [0.15, 0.2) is 0 Å². The minimum Gasteiger partial charge on any atom is -0.493 e. The van der Waals surface area contributed by atoms with Gasteiger partial charge in [0.2, 0.25) is 5.95 Å². The molecule has 2 aliphatic rings. The molecule has 0 aliphatic carbocycles. The van der Waals surface area contributed by atoms with Gasteiger partial charge in [-0.1, -0.05) is 12.1 Å². The van der Waals surface area contributed by atoms with Gasteiger partial charge in [-0.25, -0.2) is 15.0 Å². The maximum atomic E-state index is 5.61. The van der Waals surface area contributed by atoms with Crippen molar-refractivity contribution in [1.29, 1.82) is 0 Å². The molecule has 1 fully saturated rings. The van der Waals surface area contributed by atoms with E-state index < -0.39 is 0 Å². The molecule has 0 bridgehead atoms. The van der Waals surface area contributed by atoms with Crippen molar-refractivity contribution in [2.45, 2.75) is 6.42 Å². The molecule has 27 heavy (non-hydrogen) atoms. The summed E-state index contributed by atoms with van der Waals surface area (Å²) in [6.45, 7) is 4.83. The van der Waals surface area contributed by atoms with Crippen LogP contribution in [0.2, 0.25) is 0 Å². The first kappa shape index (κ1) is 16.5. The fraction of sp³-hybridized carbons (Fsp3) is 0.333. The van der Waals surface area contributed by atoms with E-state index in [1.165, 1.54) is 16.7 Å². The lowest BCUT2D eigenvalue weighted by Crippen LogP contribution is -2.47. The van der Waals surface area contributed by atoms with Gasteiger partial charge in [0.25, 0.3) is 0 Å². The Morgan fingerprint density at radius 3 is 2.70 bits per heavy atom. The number of nitrogens with one attached hydrogen (secondary N) is 1. The molecule has 2 aliphatic heterocycles. The lowest BCUT2D eigenvalue weighted by molar-refractivity contribution is 0.178. The summed E-state index contributed by atoms with van der Waals surface area (Å²) in [7, 11) is 2.15. The normalized spacial score (nSPS) is 17.7. The number of aromatic nitrogens is 2. The molecule has 2 aromatic carbocycles. The molecule has 138 valence electrons. The van der Waals surface area contributed by atoms with Gasteiger partial charge in [-0.15, -0.1) is 0 Å². The van der Waals surface area contributed by atoms with Gasteiger partial charge >= 0.3 is 0 Å². The van der Waals surface area contributed by atoms with Crippen LogP contribution in [-0.4, -0.2) is 59.7 Å². The maximum absolute atomic E-state index is 5.61. The van der Waals surface area contributed by atoms with E-state index in [0.29, 0.717) is 5.95 Å². The van der Waals surface area contributed by atoms with Gasteiger partial charge in [0, 0.05) is 44.2 Å². The molecule has 0 radical (unpaired) electrons. The summed E-state index contributed by atoms with van der Waals surface area (Å²) in [5, 5.41) is 3.23. The predicted molar refractivity (Wildman–Crippen MR) is 107 cm³/mol. The highest BCUT2D eigenvalue weighted by Crippen LogP contribution is 2.31. The second kappa shape index (κ2) is 6.79. The zero-order chi connectivity index (χ0) is 18.2. The molecule has 0 spiro atoms. The molecule has 1 N–H and O–H groups in total. The largest absolute Gasteiger partial charge is 0.493 e. The SMILES string of the molecule is CN1CCN(Nc2ncc3cc(-c4ccc5c(c4)CCO5)ccc3n2)CC1. The zero-order valence-electron chi connectivity index (χ0n) is 15.5. The standard InChI is InChI=1S/C21H23N5O/c1-25-7-9-26(10-8-25)24-21-22-14-18-13-15(2-4-19(18)23-21)16-3-5-20-17(12-16)6-11-27-20/h2-5,12-14H,6-11H2,1H3,(H,22,23,24). The summed E-state index contributed by atoms with van der Waals surface area (Å²) >= 11 is 0. The molecular formula is C21H23N5O. The van der Waals surface area contributed by atoms with Crippen LogP contribution in [0.5, 0.6) is 5.75 Å². The second-order valence-corrected chi connectivity index (χ2v) is 7.29. The van der Waals surface area contributed by atoms with Crippen LogP contribution in [0, 0.1) is 0 Å². The highest BCUT2D eigenvalue weighted by atomic mass is 16.5. The smallest absolute Gasteiger partial charge is 0.238 e. The summed E-state index contributed by atoms with van der Waals surface area (Å²) in [6, 6.07) is 12.8. The number of benzene rings is 2. The molecule has 3 heterocycles. The van der Waals surface area contributed by atoms with Crippen LogP contribution in [-0.2, 0) is 6.42 Å². The highest BCUT2D eigenvalue weighted by molar-refractivity contribution is 5.84. The zero-order valence-corrected chi connectivity index (χ0v) is 15.5. The topological polar surface area (TPSA) is 53.5 Å². The molecule has 5 rings (SSSR count). The summed E-state index contributed by atoms with van der Waals surface area (Å²) in [5.74, 6) is 1.68. The van der Waals surface area contributed by atoms with Crippen LogP contribution in [0.15, 0.2) is 42.6 Å². The summed E-state index contributed by atoms with van der Waals surface area (Å²) in [5.41, 5.74) is 7.97. The van der Waals surface area contributed by atoms with E-state index in [-0.39, 0.29) is 0 Å². The number of hydrazine groups is 1. The molecule has 6 nitrogen and oxygen atoms in total. The molecule has 0 amide bonds. The monoisotopic (exact) mass is 361 g/mol. The molecular weight excluding hydrogens is 338 g/mol. The maximum Gasteiger partial charge on any atom is 0.238 e. The average molecular weight is 361 g/mol. The van der Waals surface area contributed by atoms with Crippen LogP contribution in [0.3, 0.4) is 0 Å². The van der Waals surface area contributed by atoms with Gasteiger partial charge in [-0.05, 0) is 48.0 Å². The number of nitrogens with zero attached hydrogens (tertiary/aromatic N) is 4. The average Bonchev–Trinajstić information content (AvgIpc) is 3.17. The van der Waals surface area contributed by atoms with Gasteiger partial charge in [-0.2, -0.15) is 0 Å². The fourth-order valence-electron chi connectivity index (χ4n) is 3.69. The van der Waals surface area contributed by atoms with Gasteiger partial charge in [0.1, 0.15) is 5.75 Å². The molecule has 0 saturated carbocycles. The van der Waals surface area contributed by atoms with Crippen molar-refractivity contribution in [3.63, 3.8) is 0 Å². The van der Waals surface area contributed by atoms with Crippen LogP contribution in [0.1, 0.15) is 5.56 Å². The molecule has 6 heteroatoms. The van der Waals surface area contributed by atoms with E-state index in [4.69, 9.17) is 4.74 Å². The number of rotatable bonds is 3. The number of fused-ring (bicyclic) bond motifs is 2. The molecule has 1 aromatic heterocycles. The van der Waals surface area contributed by atoms with Gasteiger partial charge < -0.3 is 9.64 Å². The third-order valence-corrected chi connectivity index (χ3v) is 5.36. The van der Waals surface area contributed by atoms with Gasteiger partial charge in [0.05, 0.1) is 12.1 Å². The van der Waals surface area contributed by atoms with Crippen molar-refractivity contribution in [2.75, 3.05) is 45.3 Å². The minimum atomic E-state index is 0.662. The molecule has 0 unspecified atom stereocenters.